The Labute approximate surface area is 182 Å². The van der Waals surface area contributed by atoms with Crippen molar-refractivity contribution < 1.29 is 9.53 Å². The minimum Gasteiger partial charge on any atom is -0.497 e. The minimum atomic E-state index is -0.204. The summed E-state index contributed by atoms with van der Waals surface area (Å²) < 4.78 is 7.19. The number of nitrogens with one attached hydrogen (secondary N) is 1. The molecule has 160 valence electrons. The molecule has 2 aromatic rings. The Kier molecular flexibility index (Phi) is 5.04. The fraction of sp³-hybridized carbons (Fsp3) is 0.609. The van der Waals surface area contributed by atoms with Crippen molar-refractivity contribution in [1.82, 2.24) is 20.1 Å². The molecule has 1 aromatic carbocycles. The van der Waals surface area contributed by atoms with Crippen molar-refractivity contribution in [2.75, 3.05) is 7.11 Å². The van der Waals surface area contributed by atoms with Gasteiger partial charge in [-0.2, -0.15) is 0 Å². The lowest BCUT2D eigenvalue weighted by Crippen LogP contribution is -2.60. The zero-order valence-electron chi connectivity index (χ0n) is 17.9. The predicted octanol–water partition coefficient (Wildman–Crippen LogP) is 4.06. The number of nitrogens with zero attached hydrogens (tertiary/aromatic N) is 3. The van der Waals surface area contributed by atoms with Gasteiger partial charge in [-0.25, -0.2) is 0 Å². The second kappa shape index (κ2) is 7.59. The maximum atomic E-state index is 13.1. The van der Waals surface area contributed by atoms with Crippen molar-refractivity contribution in [3.8, 4) is 17.1 Å². The molecule has 1 amide bonds. The molecule has 4 aliphatic carbocycles. The Balaban J connectivity index is 1.26. The van der Waals surface area contributed by atoms with Gasteiger partial charge in [-0.1, -0.05) is 11.8 Å². The highest BCUT2D eigenvalue weighted by Gasteiger charge is 2.51. The van der Waals surface area contributed by atoms with Crippen molar-refractivity contribution >= 4 is 17.7 Å². The van der Waals surface area contributed by atoms with Crippen molar-refractivity contribution in [2.24, 2.45) is 24.8 Å². The number of carbonyl (C=O) groups is 1. The van der Waals surface area contributed by atoms with Crippen LogP contribution in [0.3, 0.4) is 0 Å². The average Bonchev–Trinajstić information content (AvgIpc) is 3.07. The Morgan fingerprint density at radius 2 is 1.73 bits per heavy atom. The average molecular weight is 427 g/mol. The van der Waals surface area contributed by atoms with Crippen LogP contribution in [-0.4, -0.2) is 38.6 Å². The van der Waals surface area contributed by atoms with E-state index in [1.54, 1.807) is 7.11 Å². The van der Waals surface area contributed by atoms with E-state index in [0.29, 0.717) is 0 Å². The second-order valence-electron chi connectivity index (χ2n) is 9.54. The molecule has 0 spiro atoms. The molecule has 30 heavy (non-hydrogen) atoms. The van der Waals surface area contributed by atoms with Crippen LogP contribution in [0, 0.1) is 17.8 Å². The van der Waals surface area contributed by atoms with E-state index in [1.807, 2.05) is 42.8 Å². The quantitative estimate of drug-likeness (QED) is 0.706. The number of ether oxygens (including phenoxy) is 1. The summed E-state index contributed by atoms with van der Waals surface area (Å²) in [5.74, 6) is 4.20. The molecule has 1 N–H and O–H groups in total. The van der Waals surface area contributed by atoms with E-state index in [9.17, 15) is 4.79 Å². The number of thioether (sulfide) groups is 1. The first-order chi connectivity index (χ1) is 14.4. The van der Waals surface area contributed by atoms with E-state index in [4.69, 9.17) is 4.74 Å². The summed E-state index contributed by atoms with van der Waals surface area (Å²) in [6, 6.07) is 7.78. The molecule has 6 nitrogen and oxygen atoms in total. The Bertz CT molecular complexity index is 904. The van der Waals surface area contributed by atoms with Crippen molar-refractivity contribution in [3.63, 3.8) is 0 Å². The first-order valence-electron chi connectivity index (χ1n) is 11.0. The third-order valence-electron chi connectivity index (χ3n) is 7.26. The van der Waals surface area contributed by atoms with Gasteiger partial charge in [0.1, 0.15) is 5.75 Å². The van der Waals surface area contributed by atoms with E-state index < -0.39 is 0 Å². The molecular formula is C23H30N4O2S. The van der Waals surface area contributed by atoms with Gasteiger partial charge in [-0.15, -0.1) is 10.2 Å². The van der Waals surface area contributed by atoms with Gasteiger partial charge in [0.2, 0.25) is 5.91 Å². The van der Waals surface area contributed by atoms with E-state index in [1.165, 1.54) is 50.3 Å². The molecule has 1 heterocycles. The molecule has 4 fully saturated rings. The smallest absolute Gasteiger partial charge is 0.233 e. The highest BCUT2D eigenvalue weighted by molar-refractivity contribution is 8.00. The van der Waals surface area contributed by atoms with Crippen LogP contribution in [0.25, 0.3) is 11.4 Å². The van der Waals surface area contributed by atoms with Crippen molar-refractivity contribution in [2.45, 2.75) is 61.4 Å². The Morgan fingerprint density at radius 1 is 1.13 bits per heavy atom. The zero-order chi connectivity index (χ0) is 20.9. The molecule has 0 saturated heterocycles. The lowest BCUT2D eigenvalue weighted by atomic mass is 9.53. The fourth-order valence-electron chi connectivity index (χ4n) is 6.25. The van der Waals surface area contributed by atoms with E-state index in [0.717, 1.165) is 40.0 Å². The molecule has 0 aliphatic heterocycles. The summed E-state index contributed by atoms with van der Waals surface area (Å²) in [4.78, 5) is 13.1. The summed E-state index contributed by atoms with van der Waals surface area (Å²) in [6.45, 7) is 1.97. The fourth-order valence-corrected chi connectivity index (χ4v) is 7.06. The largest absolute Gasteiger partial charge is 0.497 e. The number of aromatic nitrogens is 3. The maximum Gasteiger partial charge on any atom is 0.233 e. The standard InChI is InChI=1S/C23H30N4O2S/c1-14(21(28)24-23-11-15-8-16(12-23)10-17(9-15)13-23)30-22-26-25-20(27(22)2)18-4-6-19(29-3)7-5-18/h4-7,14-17H,8-13H2,1-3H3,(H,24,28)/t14-,15?,16?,17?,23?/m1/s1. The van der Waals surface area contributed by atoms with Crippen LogP contribution in [0.1, 0.15) is 45.4 Å². The summed E-state index contributed by atoms with van der Waals surface area (Å²) in [6.07, 6.45) is 7.67. The molecule has 0 unspecified atom stereocenters. The van der Waals surface area contributed by atoms with Crippen molar-refractivity contribution in [1.29, 1.82) is 0 Å². The molecule has 7 heteroatoms. The van der Waals surface area contributed by atoms with Gasteiger partial charge >= 0.3 is 0 Å². The van der Waals surface area contributed by atoms with Crippen LogP contribution in [0.4, 0.5) is 0 Å². The summed E-state index contributed by atoms with van der Waals surface area (Å²) >= 11 is 1.48. The van der Waals surface area contributed by atoms with E-state index in [-0.39, 0.29) is 16.7 Å². The monoisotopic (exact) mass is 426 g/mol. The molecule has 6 rings (SSSR count). The number of methoxy groups -OCH3 is 1. The number of carbonyl (C=O) groups excluding carboxylic acids is 1. The summed E-state index contributed by atoms with van der Waals surface area (Å²) in [5.41, 5.74) is 1.03. The summed E-state index contributed by atoms with van der Waals surface area (Å²) in [5, 5.41) is 12.7. The van der Waals surface area contributed by atoms with Crippen LogP contribution in [-0.2, 0) is 11.8 Å². The molecule has 1 atom stereocenters. The van der Waals surface area contributed by atoms with Gasteiger partial charge in [0, 0.05) is 18.2 Å². The van der Waals surface area contributed by atoms with Crippen LogP contribution in [0.2, 0.25) is 0 Å². The number of hydrogen-bond donors (Lipinski definition) is 1. The first kappa shape index (κ1) is 19.9. The van der Waals surface area contributed by atoms with Gasteiger partial charge in [-0.3, -0.25) is 4.79 Å². The molecule has 1 aromatic heterocycles. The van der Waals surface area contributed by atoms with Crippen molar-refractivity contribution in [3.05, 3.63) is 24.3 Å². The third kappa shape index (κ3) is 3.61. The lowest BCUT2D eigenvalue weighted by Gasteiger charge is -2.57. The van der Waals surface area contributed by atoms with Gasteiger partial charge < -0.3 is 14.6 Å². The van der Waals surface area contributed by atoms with E-state index >= 15 is 0 Å². The third-order valence-corrected chi connectivity index (χ3v) is 8.40. The van der Waals surface area contributed by atoms with Crippen LogP contribution < -0.4 is 10.1 Å². The predicted molar refractivity (Wildman–Crippen MR) is 117 cm³/mol. The molecule has 4 aliphatic rings. The van der Waals surface area contributed by atoms with Gasteiger partial charge in [0.25, 0.3) is 0 Å². The topological polar surface area (TPSA) is 69.0 Å². The normalized spacial score (nSPS) is 30.3. The van der Waals surface area contributed by atoms with E-state index in [2.05, 4.69) is 15.5 Å². The minimum absolute atomic E-state index is 0.0504. The second-order valence-corrected chi connectivity index (χ2v) is 10.8. The molecule has 4 bridgehead atoms. The molecule has 0 radical (unpaired) electrons. The highest BCUT2D eigenvalue weighted by atomic mass is 32.2. The number of amides is 1. The first-order valence-corrected chi connectivity index (χ1v) is 11.8. The number of benzene rings is 1. The Hall–Kier alpha value is -2.02. The van der Waals surface area contributed by atoms with Gasteiger partial charge in [0.05, 0.1) is 12.4 Å². The zero-order valence-corrected chi connectivity index (χ0v) is 18.7. The maximum absolute atomic E-state index is 13.1. The van der Waals surface area contributed by atoms with Crippen LogP contribution in [0.15, 0.2) is 29.4 Å². The highest BCUT2D eigenvalue weighted by Crippen LogP contribution is 2.55. The Morgan fingerprint density at radius 3 is 2.30 bits per heavy atom. The molecular weight excluding hydrogens is 396 g/mol. The number of rotatable bonds is 6. The van der Waals surface area contributed by atoms with Gasteiger partial charge in [-0.05, 0) is 87.5 Å². The molecule has 4 saturated carbocycles. The van der Waals surface area contributed by atoms with Gasteiger partial charge in [0.15, 0.2) is 11.0 Å². The lowest BCUT2D eigenvalue weighted by molar-refractivity contribution is -0.126. The van der Waals surface area contributed by atoms with Crippen LogP contribution >= 0.6 is 11.8 Å². The van der Waals surface area contributed by atoms with Crippen LogP contribution in [0.5, 0.6) is 5.75 Å². The SMILES string of the molecule is COc1ccc(-c2nnc(S[C@H](C)C(=O)NC34CC5CC(CC(C5)C3)C4)n2C)cc1. The summed E-state index contributed by atoms with van der Waals surface area (Å²) in [7, 11) is 3.60. The number of hydrogen-bond acceptors (Lipinski definition) is 5.